The lowest BCUT2D eigenvalue weighted by molar-refractivity contribution is -0.119. The van der Waals surface area contributed by atoms with Crippen LogP contribution in [0.3, 0.4) is 0 Å². The first-order valence-electron chi connectivity index (χ1n) is 11.0. The van der Waals surface area contributed by atoms with E-state index in [4.69, 9.17) is 9.72 Å². The molecule has 1 saturated carbocycles. The predicted octanol–water partition coefficient (Wildman–Crippen LogP) is 3.77. The summed E-state index contributed by atoms with van der Waals surface area (Å²) in [6, 6.07) is 0.282. The Balaban J connectivity index is 1.53. The lowest BCUT2D eigenvalue weighted by Gasteiger charge is -2.26. The SMILES string of the molecule is COCCn1c(SCC(=O)NC2CCC(C)CC2)nc2sc3c(c2c1=O)CCCC3. The number of thiophene rings is 1. The van der Waals surface area contributed by atoms with Crippen molar-refractivity contribution in [2.45, 2.75) is 76.0 Å². The van der Waals surface area contributed by atoms with Crippen molar-refractivity contribution < 1.29 is 9.53 Å². The molecule has 2 heterocycles. The smallest absolute Gasteiger partial charge is 0.263 e. The van der Waals surface area contributed by atoms with Crippen molar-refractivity contribution in [3.8, 4) is 0 Å². The minimum atomic E-state index is 0.0145. The lowest BCUT2D eigenvalue weighted by Crippen LogP contribution is -2.38. The van der Waals surface area contributed by atoms with Crippen molar-refractivity contribution in [3.05, 3.63) is 20.8 Å². The fraction of sp³-hybridized carbons (Fsp3) is 0.682. The standard InChI is InChI=1S/C22H31N3O3S2/c1-14-7-9-15(10-8-14)23-18(26)13-29-22-24-20-19(21(27)25(22)11-12-28-2)16-5-3-4-6-17(16)30-20/h14-15H,3-13H2,1-2H3,(H,23,26). The molecule has 0 bridgehead atoms. The maximum atomic E-state index is 13.3. The van der Waals surface area contributed by atoms with Gasteiger partial charge in [-0.2, -0.15) is 0 Å². The minimum absolute atomic E-state index is 0.0145. The van der Waals surface area contributed by atoms with E-state index < -0.39 is 0 Å². The monoisotopic (exact) mass is 449 g/mol. The number of thioether (sulfide) groups is 1. The van der Waals surface area contributed by atoms with E-state index in [2.05, 4.69) is 12.2 Å². The Morgan fingerprint density at radius 3 is 2.80 bits per heavy atom. The topological polar surface area (TPSA) is 73.2 Å². The molecular weight excluding hydrogens is 418 g/mol. The quantitative estimate of drug-likeness (QED) is 0.515. The van der Waals surface area contributed by atoms with Gasteiger partial charge in [0.05, 0.1) is 24.3 Å². The van der Waals surface area contributed by atoms with Gasteiger partial charge in [0.15, 0.2) is 5.16 Å². The van der Waals surface area contributed by atoms with Crippen LogP contribution in [0.25, 0.3) is 10.2 Å². The van der Waals surface area contributed by atoms with Crippen LogP contribution < -0.4 is 10.9 Å². The number of amides is 1. The Hall–Kier alpha value is -1.38. The van der Waals surface area contributed by atoms with Crippen molar-refractivity contribution >= 4 is 39.2 Å². The third kappa shape index (κ3) is 4.75. The van der Waals surface area contributed by atoms with Crippen LogP contribution in [0.2, 0.25) is 0 Å². The van der Waals surface area contributed by atoms with Gasteiger partial charge in [-0.3, -0.25) is 14.2 Å². The van der Waals surface area contributed by atoms with Crippen LogP contribution in [0, 0.1) is 5.92 Å². The minimum Gasteiger partial charge on any atom is -0.383 e. The highest BCUT2D eigenvalue weighted by atomic mass is 32.2. The van der Waals surface area contributed by atoms with Crippen LogP contribution in [0.15, 0.2) is 9.95 Å². The number of methoxy groups -OCH3 is 1. The highest BCUT2D eigenvalue weighted by molar-refractivity contribution is 7.99. The van der Waals surface area contributed by atoms with Crippen LogP contribution in [0.4, 0.5) is 0 Å². The molecule has 0 unspecified atom stereocenters. The van der Waals surface area contributed by atoms with Crippen molar-refractivity contribution in [2.24, 2.45) is 5.92 Å². The Morgan fingerprint density at radius 2 is 2.03 bits per heavy atom. The zero-order valence-corrected chi connectivity index (χ0v) is 19.5. The molecule has 1 amide bonds. The van der Waals surface area contributed by atoms with E-state index in [-0.39, 0.29) is 23.3 Å². The van der Waals surface area contributed by atoms with E-state index in [0.717, 1.165) is 48.2 Å². The summed E-state index contributed by atoms with van der Waals surface area (Å²) in [5, 5.41) is 4.58. The van der Waals surface area contributed by atoms with Crippen molar-refractivity contribution in [3.63, 3.8) is 0 Å². The van der Waals surface area contributed by atoms with E-state index >= 15 is 0 Å². The molecule has 1 N–H and O–H groups in total. The molecule has 0 aliphatic heterocycles. The highest BCUT2D eigenvalue weighted by Crippen LogP contribution is 2.34. The number of nitrogens with one attached hydrogen (secondary N) is 1. The van der Waals surface area contributed by atoms with E-state index in [0.29, 0.717) is 18.3 Å². The lowest BCUT2D eigenvalue weighted by atomic mass is 9.87. The molecule has 0 saturated heterocycles. The Labute approximate surface area is 185 Å². The maximum absolute atomic E-state index is 13.3. The van der Waals surface area contributed by atoms with Gasteiger partial charge in [0, 0.05) is 18.0 Å². The fourth-order valence-electron chi connectivity index (χ4n) is 4.51. The Kier molecular flexibility index (Phi) is 7.16. The number of rotatable bonds is 7. The van der Waals surface area contributed by atoms with Gasteiger partial charge in [0.1, 0.15) is 4.83 Å². The molecule has 0 aromatic carbocycles. The number of hydrogen-bond donors (Lipinski definition) is 1. The molecule has 2 aliphatic rings. The Morgan fingerprint density at radius 1 is 1.27 bits per heavy atom. The Bertz CT molecular complexity index is 961. The molecule has 30 heavy (non-hydrogen) atoms. The average molecular weight is 450 g/mol. The van der Waals surface area contributed by atoms with Crippen molar-refractivity contribution in [1.82, 2.24) is 14.9 Å². The molecular formula is C22H31N3O3S2. The van der Waals surface area contributed by atoms with Crippen LogP contribution in [-0.2, 0) is 28.9 Å². The van der Waals surface area contributed by atoms with Gasteiger partial charge in [-0.25, -0.2) is 4.98 Å². The third-order valence-corrected chi connectivity index (χ3v) is 8.43. The maximum Gasteiger partial charge on any atom is 0.263 e. The molecule has 2 aliphatic carbocycles. The zero-order valence-electron chi connectivity index (χ0n) is 17.9. The van der Waals surface area contributed by atoms with Gasteiger partial charge in [0.25, 0.3) is 5.56 Å². The van der Waals surface area contributed by atoms with Crippen molar-refractivity contribution in [2.75, 3.05) is 19.5 Å². The number of ether oxygens (including phenoxy) is 1. The molecule has 8 heteroatoms. The first kappa shape index (κ1) is 21.8. The van der Waals surface area contributed by atoms with Gasteiger partial charge < -0.3 is 10.1 Å². The molecule has 1 fully saturated rings. The summed E-state index contributed by atoms with van der Waals surface area (Å²) in [7, 11) is 1.63. The molecule has 0 radical (unpaired) electrons. The number of hydrogen-bond acceptors (Lipinski definition) is 6. The first-order valence-corrected chi connectivity index (χ1v) is 12.8. The normalized spacial score (nSPS) is 21.5. The molecule has 0 atom stereocenters. The summed E-state index contributed by atoms with van der Waals surface area (Å²) < 4.78 is 6.93. The number of aromatic nitrogens is 2. The molecule has 164 valence electrons. The van der Waals surface area contributed by atoms with Gasteiger partial charge in [-0.15, -0.1) is 11.3 Å². The van der Waals surface area contributed by atoms with Crippen LogP contribution in [-0.4, -0.2) is 41.0 Å². The van der Waals surface area contributed by atoms with Crippen LogP contribution >= 0.6 is 23.1 Å². The third-order valence-electron chi connectivity index (χ3n) is 6.27. The predicted molar refractivity (Wildman–Crippen MR) is 123 cm³/mol. The molecule has 0 spiro atoms. The zero-order chi connectivity index (χ0) is 21.1. The average Bonchev–Trinajstić information content (AvgIpc) is 3.12. The number of fused-ring (bicyclic) bond motifs is 3. The van der Waals surface area contributed by atoms with E-state index in [9.17, 15) is 9.59 Å². The van der Waals surface area contributed by atoms with Crippen molar-refractivity contribution in [1.29, 1.82) is 0 Å². The molecule has 2 aromatic rings. The molecule has 6 nitrogen and oxygen atoms in total. The van der Waals surface area contributed by atoms with Crippen LogP contribution in [0.1, 0.15) is 55.9 Å². The first-order chi connectivity index (χ1) is 14.6. The summed E-state index contributed by atoms with van der Waals surface area (Å²) in [6.45, 7) is 3.17. The number of nitrogens with zero attached hydrogens (tertiary/aromatic N) is 2. The summed E-state index contributed by atoms with van der Waals surface area (Å²) in [6.07, 6.45) is 8.78. The van der Waals surface area contributed by atoms with Gasteiger partial charge in [0.2, 0.25) is 5.91 Å². The summed E-state index contributed by atoms with van der Waals surface area (Å²) in [4.78, 5) is 32.8. The number of carbonyl (C=O) groups is 1. The summed E-state index contributed by atoms with van der Waals surface area (Å²) in [5.74, 6) is 1.06. The second-order valence-electron chi connectivity index (χ2n) is 8.55. The summed E-state index contributed by atoms with van der Waals surface area (Å²) in [5.41, 5.74) is 1.21. The molecule has 2 aromatic heterocycles. The fourth-order valence-corrected chi connectivity index (χ4v) is 6.65. The molecule has 4 rings (SSSR count). The van der Waals surface area contributed by atoms with Gasteiger partial charge in [-0.05, 0) is 62.8 Å². The summed E-state index contributed by atoms with van der Waals surface area (Å²) >= 11 is 3.01. The largest absolute Gasteiger partial charge is 0.383 e. The van der Waals surface area contributed by atoms with E-state index in [1.54, 1.807) is 23.0 Å². The van der Waals surface area contributed by atoms with Crippen LogP contribution in [0.5, 0.6) is 0 Å². The van der Waals surface area contributed by atoms with Gasteiger partial charge in [-0.1, -0.05) is 18.7 Å². The van der Waals surface area contributed by atoms with Gasteiger partial charge >= 0.3 is 0 Å². The van der Waals surface area contributed by atoms with E-state index in [1.807, 2.05) is 0 Å². The number of aryl methyl sites for hydroxylation is 2. The highest BCUT2D eigenvalue weighted by Gasteiger charge is 2.23. The second kappa shape index (κ2) is 9.83. The van der Waals surface area contributed by atoms with E-state index in [1.165, 1.54) is 41.5 Å². The second-order valence-corrected chi connectivity index (χ2v) is 10.6. The number of carbonyl (C=O) groups excluding carboxylic acids is 1.